The molecule has 0 aliphatic rings. The summed E-state index contributed by atoms with van der Waals surface area (Å²) in [5.74, 6) is -1.16. The van der Waals surface area contributed by atoms with Gasteiger partial charge in [0, 0.05) is 6.54 Å². The molecular weight excluding hydrogens is 176 g/mol. The van der Waals surface area contributed by atoms with Gasteiger partial charge >= 0.3 is 5.97 Å². The molecule has 0 heterocycles. The molecule has 0 aliphatic heterocycles. The first-order valence-electron chi connectivity index (χ1n) is 3.96. The van der Waals surface area contributed by atoms with E-state index in [9.17, 15) is 4.79 Å². The minimum Gasteiger partial charge on any atom is -0.480 e. The Morgan fingerprint density at radius 2 is 1.77 bits per heavy atom. The van der Waals surface area contributed by atoms with Crippen LogP contribution in [-0.2, 0) is 4.79 Å². The molecular formula is C7H16N2O4. The van der Waals surface area contributed by atoms with Crippen molar-refractivity contribution in [3.63, 3.8) is 0 Å². The third-order valence-corrected chi connectivity index (χ3v) is 1.68. The van der Waals surface area contributed by atoms with Crippen LogP contribution in [0.4, 0.5) is 0 Å². The number of carboxylic acid groups (broad SMARTS) is 1. The van der Waals surface area contributed by atoms with Crippen molar-refractivity contribution in [2.24, 2.45) is 5.73 Å². The van der Waals surface area contributed by atoms with Crippen LogP contribution in [0.3, 0.4) is 0 Å². The van der Waals surface area contributed by atoms with Gasteiger partial charge in [-0.25, -0.2) is 0 Å². The molecule has 0 spiro atoms. The number of rotatable bonds is 5. The molecule has 2 unspecified atom stereocenters. The molecule has 0 rings (SSSR count). The van der Waals surface area contributed by atoms with Crippen LogP contribution in [0.15, 0.2) is 0 Å². The molecule has 13 heavy (non-hydrogen) atoms. The molecule has 78 valence electrons. The third kappa shape index (κ3) is 4.18. The fourth-order valence-corrected chi connectivity index (χ4v) is 0.923. The van der Waals surface area contributed by atoms with Gasteiger partial charge in [-0.1, -0.05) is 0 Å². The lowest BCUT2D eigenvalue weighted by Crippen LogP contribution is -2.49. The van der Waals surface area contributed by atoms with Crippen molar-refractivity contribution in [1.29, 1.82) is 0 Å². The van der Waals surface area contributed by atoms with Crippen LogP contribution in [-0.4, -0.2) is 51.2 Å². The SMILES string of the molecule is CC(O)N(C[C@H](N)C(=O)O)C(C)O. The zero-order chi connectivity index (χ0) is 10.6. The molecule has 0 aromatic heterocycles. The van der Waals surface area contributed by atoms with Crippen LogP contribution in [0, 0.1) is 0 Å². The highest BCUT2D eigenvalue weighted by Crippen LogP contribution is 2.01. The first kappa shape index (κ1) is 12.3. The van der Waals surface area contributed by atoms with E-state index in [1.165, 1.54) is 18.7 Å². The molecule has 6 nitrogen and oxygen atoms in total. The number of carboxylic acids is 1. The summed E-state index contributed by atoms with van der Waals surface area (Å²) in [7, 11) is 0. The molecule has 6 heteroatoms. The summed E-state index contributed by atoms with van der Waals surface area (Å²) in [5, 5.41) is 26.7. The Hall–Kier alpha value is -0.690. The smallest absolute Gasteiger partial charge is 0.321 e. The number of hydrogen-bond acceptors (Lipinski definition) is 5. The lowest BCUT2D eigenvalue weighted by atomic mass is 10.3. The third-order valence-electron chi connectivity index (χ3n) is 1.68. The highest BCUT2D eigenvalue weighted by atomic mass is 16.4. The van der Waals surface area contributed by atoms with E-state index in [4.69, 9.17) is 21.1 Å². The molecule has 0 aliphatic carbocycles. The normalized spacial score (nSPS) is 18.3. The largest absolute Gasteiger partial charge is 0.480 e. The number of aliphatic carboxylic acids is 1. The van der Waals surface area contributed by atoms with E-state index in [1.807, 2.05) is 0 Å². The van der Waals surface area contributed by atoms with Crippen molar-refractivity contribution in [1.82, 2.24) is 4.90 Å². The average molecular weight is 192 g/mol. The van der Waals surface area contributed by atoms with Crippen molar-refractivity contribution < 1.29 is 20.1 Å². The number of hydrogen-bond donors (Lipinski definition) is 4. The van der Waals surface area contributed by atoms with Crippen LogP contribution < -0.4 is 5.73 Å². The van der Waals surface area contributed by atoms with Crippen molar-refractivity contribution in [3.8, 4) is 0 Å². The van der Waals surface area contributed by atoms with Gasteiger partial charge in [-0.2, -0.15) is 0 Å². The lowest BCUT2D eigenvalue weighted by molar-refractivity contribution is -0.141. The fourth-order valence-electron chi connectivity index (χ4n) is 0.923. The second-order valence-electron chi connectivity index (χ2n) is 2.91. The van der Waals surface area contributed by atoms with Gasteiger partial charge in [0.2, 0.25) is 0 Å². The van der Waals surface area contributed by atoms with Gasteiger partial charge in [-0.05, 0) is 13.8 Å². The minimum atomic E-state index is -1.16. The topological polar surface area (TPSA) is 107 Å². The maximum atomic E-state index is 10.4. The van der Waals surface area contributed by atoms with Crippen molar-refractivity contribution in [2.75, 3.05) is 6.54 Å². The standard InChI is InChI=1S/C7H16N2O4/c1-4(10)9(5(2)11)3-6(8)7(12)13/h4-6,10-11H,3,8H2,1-2H3,(H,12,13)/t4?,5?,6-/m0/s1. The Morgan fingerprint density at radius 1 is 1.38 bits per heavy atom. The maximum absolute atomic E-state index is 10.4. The van der Waals surface area contributed by atoms with E-state index >= 15 is 0 Å². The van der Waals surface area contributed by atoms with Gasteiger partial charge in [0.15, 0.2) is 0 Å². The quantitative estimate of drug-likeness (QED) is 0.390. The Balaban J connectivity index is 4.18. The predicted octanol–water partition coefficient (Wildman–Crippen LogP) is -1.62. The number of nitrogens with zero attached hydrogens (tertiary/aromatic N) is 1. The van der Waals surface area contributed by atoms with Gasteiger partial charge in [0.1, 0.15) is 18.5 Å². The Kier molecular flexibility index (Phi) is 4.86. The summed E-state index contributed by atoms with van der Waals surface area (Å²) in [6.45, 7) is 2.77. The minimum absolute atomic E-state index is 0.0926. The summed E-state index contributed by atoms with van der Waals surface area (Å²) < 4.78 is 0. The van der Waals surface area contributed by atoms with E-state index in [0.717, 1.165) is 0 Å². The average Bonchev–Trinajstić information content (AvgIpc) is 1.97. The predicted molar refractivity (Wildman–Crippen MR) is 45.7 cm³/mol. The monoisotopic (exact) mass is 192 g/mol. The van der Waals surface area contributed by atoms with E-state index < -0.39 is 24.5 Å². The van der Waals surface area contributed by atoms with Gasteiger partial charge in [-0.15, -0.1) is 0 Å². The van der Waals surface area contributed by atoms with Crippen molar-refractivity contribution in [2.45, 2.75) is 32.3 Å². The Bertz CT molecular complexity index is 164. The van der Waals surface area contributed by atoms with Crippen LogP contribution >= 0.6 is 0 Å². The first-order chi connectivity index (χ1) is 5.86. The summed E-state index contributed by atoms with van der Waals surface area (Å²) >= 11 is 0. The van der Waals surface area contributed by atoms with E-state index in [0.29, 0.717) is 0 Å². The summed E-state index contributed by atoms with van der Waals surface area (Å²) in [4.78, 5) is 11.5. The molecule has 3 atom stereocenters. The zero-order valence-electron chi connectivity index (χ0n) is 7.71. The van der Waals surface area contributed by atoms with Crippen LogP contribution in [0.5, 0.6) is 0 Å². The van der Waals surface area contributed by atoms with E-state index in [-0.39, 0.29) is 6.54 Å². The van der Waals surface area contributed by atoms with E-state index in [1.54, 1.807) is 0 Å². The fraction of sp³-hybridized carbons (Fsp3) is 0.857. The molecule has 0 bridgehead atoms. The van der Waals surface area contributed by atoms with Crippen molar-refractivity contribution in [3.05, 3.63) is 0 Å². The van der Waals surface area contributed by atoms with Crippen LogP contribution in [0.2, 0.25) is 0 Å². The molecule has 0 radical (unpaired) electrons. The molecule has 0 amide bonds. The Morgan fingerprint density at radius 3 is 2.00 bits per heavy atom. The molecule has 5 N–H and O–H groups in total. The number of carbonyl (C=O) groups is 1. The van der Waals surface area contributed by atoms with Gasteiger partial charge in [-0.3, -0.25) is 9.69 Å². The summed E-state index contributed by atoms with van der Waals surface area (Å²) in [6.07, 6.45) is -1.85. The Labute approximate surface area is 76.6 Å². The molecule has 0 fully saturated rings. The van der Waals surface area contributed by atoms with Gasteiger partial charge in [0.25, 0.3) is 0 Å². The second-order valence-corrected chi connectivity index (χ2v) is 2.91. The van der Waals surface area contributed by atoms with Gasteiger partial charge < -0.3 is 21.1 Å². The summed E-state index contributed by atoms with van der Waals surface area (Å²) in [6, 6.07) is -1.11. The zero-order valence-corrected chi connectivity index (χ0v) is 7.71. The number of nitrogens with two attached hydrogens (primary N) is 1. The molecule has 0 saturated heterocycles. The van der Waals surface area contributed by atoms with Gasteiger partial charge in [0.05, 0.1) is 0 Å². The first-order valence-corrected chi connectivity index (χ1v) is 3.96. The highest BCUT2D eigenvalue weighted by Gasteiger charge is 2.22. The maximum Gasteiger partial charge on any atom is 0.321 e. The van der Waals surface area contributed by atoms with Crippen LogP contribution in [0.1, 0.15) is 13.8 Å². The second kappa shape index (κ2) is 5.13. The highest BCUT2D eigenvalue weighted by molar-refractivity contribution is 5.73. The number of aliphatic hydroxyl groups is 2. The van der Waals surface area contributed by atoms with E-state index in [2.05, 4.69) is 0 Å². The lowest BCUT2D eigenvalue weighted by Gasteiger charge is -2.29. The molecule has 0 aromatic rings. The summed E-state index contributed by atoms with van der Waals surface area (Å²) in [5.41, 5.74) is 5.23. The molecule has 0 aromatic carbocycles. The molecule has 0 saturated carbocycles. The number of aliphatic hydroxyl groups excluding tert-OH is 2. The van der Waals surface area contributed by atoms with Crippen LogP contribution in [0.25, 0.3) is 0 Å². The van der Waals surface area contributed by atoms with Crippen molar-refractivity contribution >= 4 is 5.97 Å².